The maximum absolute atomic E-state index is 5.37. The Morgan fingerprint density at radius 2 is 0.703 bits per heavy atom. The number of aromatic nitrogens is 4. The summed E-state index contributed by atoms with van der Waals surface area (Å²) in [5.74, 6) is 0.686. The van der Waals surface area contributed by atoms with Crippen LogP contribution in [0.1, 0.15) is 33.4 Å². The summed E-state index contributed by atoms with van der Waals surface area (Å²) in [6, 6.07) is 79.8. The summed E-state index contributed by atoms with van der Waals surface area (Å²) in [5.41, 5.74) is 26.4. The van der Waals surface area contributed by atoms with Crippen LogP contribution in [0.25, 0.3) is 122 Å². The molecule has 0 unspecified atom stereocenters. The van der Waals surface area contributed by atoms with Gasteiger partial charge in [0.25, 0.3) is 0 Å². The first-order chi connectivity index (χ1) is 36.2. The molecular weight excluding hydrogens is 897 g/mol. The van der Waals surface area contributed by atoms with Gasteiger partial charge in [-0.2, -0.15) is 0 Å². The van der Waals surface area contributed by atoms with Crippen molar-refractivity contribution in [3.8, 4) is 78.7 Å². The van der Waals surface area contributed by atoms with E-state index < -0.39 is 0 Å². The molecule has 3 aromatic heterocycles. The van der Waals surface area contributed by atoms with Crippen molar-refractivity contribution in [2.24, 2.45) is 0 Å². The van der Waals surface area contributed by atoms with E-state index in [0.29, 0.717) is 5.82 Å². The molecule has 0 amide bonds. The average Bonchev–Trinajstić information content (AvgIpc) is 3.93. The predicted molar refractivity (Wildman–Crippen MR) is 312 cm³/mol. The molecule has 0 fully saturated rings. The zero-order valence-corrected chi connectivity index (χ0v) is 42.6. The van der Waals surface area contributed by atoms with Crippen molar-refractivity contribution in [3.05, 3.63) is 252 Å². The predicted octanol–water partition coefficient (Wildman–Crippen LogP) is 18.5. The van der Waals surface area contributed by atoms with Crippen LogP contribution >= 0.6 is 0 Å². The van der Waals surface area contributed by atoms with Gasteiger partial charge < -0.3 is 9.13 Å². The van der Waals surface area contributed by atoms with E-state index in [1.165, 1.54) is 77.2 Å². The Bertz CT molecular complexity index is 4090. The van der Waals surface area contributed by atoms with Crippen LogP contribution in [0.5, 0.6) is 0 Å². The highest BCUT2D eigenvalue weighted by molar-refractivity contribution is 6.13. The highest BCUT2D eigenvalue weighted by atomic mass is 15.0. The summed E-state index contributed by atoms with van der Waals surface area (Å²) >= 11 is 0. The first kappa shape index (κ1) is 44.8. The third-order valence-corrected chi connectivity index (χ3v) is 15.1. The normalized spacial score (nSPS) is 11.6. The molecule has 0 bridgehead atoms. The van der Waals surface area contributed by atoms with E-state index in [0.717, 1.165) is 72.6 Å². The third-order valence-electron chi connectivity index (χ3n) is 15.1. The fourth-order valence-corrected chi connectivity index (χ4v) is 12.1. The van der Waals surface area contributed by atoms with Crippen molar-refractivity contribution in [2.45, 2.75) is 41.5 Å². The van der Waals surface area contributed by atoms with Gasteiger partial charge in [-0.1, -0.05) is 169 Å². The molecule has 13 rings (SSSR count). The molecule has 4 heteroatoms. The average molecular weight is 951 g/mol. The summed E-state index contributed by atoms with van der Waals surface area (Å²) in [4.78, 5) is 10.6. The summed E-state index contributed by atoms with van der Waals surface area (Å²) in [6.07, 6.45) is 0. The molecule has 0 saturated heterocycles. The van der Waals surface area contributed by atoms with Crippen LogP contribution in [0.15, 0.2) is 218 Å². The molecule has 4 nitrogen and oxygen atoms in total. The molecule has 10 aromatic carbocycles. The second-order valence-electron chi connectivity index (χ2n) is 20.2. The maximum atomic E-state index is 5.37. The summed E-state index contributed by atoms with van der Waals surface area (Å²) in [5, 5.41) is 4.87. The minimum Gasteiger partial charge on any atom is -0.309 e. The Morgan fingerprint density at radius 3 is 1.24 bits per heavy atom. The first-order valence-corrected chi connectivity index (χ1v) is 25.6. The van der Waals surface area contributed by atoms with Gasteiger partial charge in [-0.3, -0.25) is 0 Å². The van der Waals surface area contributed by atoms with Gasteiger partial charge in [0, 0.05) is 49.4 Å². The van der Waals surface area contributed by atoms with Gasteiger partial charge in [0.05, 0.1) is 44.8 Å². The number of hydrogen-bond donors (Lipinski definition) is 0. The molecular formula is C70H54N4. The van der Waals surface area contributed by atoms with E-state index in [9.17, 15) is 0 Å². The van der Waals surface area contributed by atoms with Gasteiger partial charge in [0.15, 0.2) is 5.82 Å². The van der Waals surface area contributed by atoms with Crippen LogP contribution in [0.2, 0.25) is 0 Å². The Hall–Kier alpha value is -9.12. The monoisotopic (exact) mass is 950 g/mol. The van der Waals surface area contributed by atoms with E-state index in [4.69, 9.17) is 9.97 Å². The Balaban J connectivity index is 1.12. The number of benzene rings is 10. The molecule has 0 aliphatic rings. The van der Waals surface area contributed by atoms with Gasteiger partial charge in [0.2, 0.25) is 0 Å². The molecule has 0 N–H and O–H groups in total. The van der Waals surface area contributed by atoms with Crippen LogP contribution in [0, 0.1) is 41.5 Å². The smallest absolute Gasteiger partial charge is 0.160 e. The van der Waals surface area contributed by atoms with E-state index in [-0.39, 0.29) is 0 Å². The van der Waals surface area contributed by atoms with E-state index in [1.807, 2.05) is 6.07 Å². The lowest BCUT2D eigenvalue weighted by molar-refractivity contribution is 1.16. The zero-order valence-electron chi connectivity index (χ0n) is 42.6. The van der Waals surface area contributed by atoms with E-state index in [2.05, 4.69) is 263 Å². The van der Waals surface area contributed by atoms with Crippen molar-refractivity contribution in [1.82, 2.24) is 19.1 Å². The second-order valence-corrected chi connectivity index (χ2v) is 20.2. The van der Waals surface area contributed by atoms with Crippen LogP contribution in [0.3, 0.4) is 0 Å². The highest BCUT2D eigenvalue weighted by Gasteiger charge is 2.23. The lowest BCUT2D eigenvalue weighted by atomic mass is 9.91. The van der Waals surface area contributed by atoms with E-state index in [1.54, 1.807) is 0 Å². The van der Waals surface area contributed by atoms with Crippen LogP contribution < -0.4 is 0 Å². The van der Waals surface area contributed by atoms with Crippen molar-refractivity contribution in [3.63, 3.8) is 0 Å². The SMILES string of the molecule is Cc1cc(C)c(-c2ccc3c(c2)c2cc(-c4c(C)cc(C)cc4C)ccc2n3-c2ccc(-c3cc(-c4ccccc4)nc(-c4ccccc4)n3)cc2-c2ccccc2-n2c3ccccc3c3ccccc32)c(C)c1. The largest absolute Gasteiger partial charge is 0.309 e. The van der Waals surface area contributed by atoms with Crippen LogP contribution in [-0.2, 0) is 0 Å². The van der Waals surface area contributed by atoms with Crippen LogP contribution in [0.4, 0.5) is 0 Å². The fraction of sp³-hybridized carbons (Fsp3) is 0.0857. The Morgan fingerprint density at radius 1 is 0.284 bits per heavy atom. The molecule has 3 heterocycles. The molecule has 13 aromatic rings. The summed E-state index contributed by atoms with van der Waals surface area (Å²) < 4.78 is 4.96. The minimum absolute atomic E-state index is 0.686. The number of rotatable bonds is 8. The fourth-order valence-electron chi connectivity index (χ4n) is 12.1. The standard InChI is InChI=1S/C70H54N4/c1-43-35-45(3)68(46(4)36-43)52-30-33-66-58(40-52)59-41-53(69-47(5)37-44(2)38-48(69)6)31-34-67(59)74(66)65-32-29-51(61-42-60(49-19-9-7-10-20-49)71-70(72-61)50-21-11-8-12-22-50)39-57(65)56-25-15-18-28-64(56)73-62-26-16-13-23-54(62)55-24-14-17-27-63(55)73/h7-42H,1-6H3. The van der Waals surface area contributed by atoms with Crippen molar-refractivity contribution < 1.29 is 0 Å². The molecule has 74 heavy (non-hydrogen) atoms. The molecule has 0 spiro atoms. The number of nitrogens with zero attached hydrogens (tertiary/aromatic N) is 4. The molecule has 0 atom stereocenters. The molecule has 0 aliphatic heterocycles. The van der Waals surface area contributed by atoms with Crippen molar-refractivity contribution in [2.75, 3.05) is 0 Å². The molecule has 354 valence electrons. The van der Waals surface area contributed by atoms with Crippen LogP contribution in [-0.4, -0.2) is 19.1 Å². The first-order valence-electron chi connectivity index (χ1n) is 25.6. The van der Waals surface area contributed by atoms with Gasteiger partial charge in [-0.15, -0.1) is 0 Å². The lowest BCUT2D eigenvalue weighted by Crippen LogP contribution is -2.02. The summed E-state index contributed by atoms with van der Waals surface area (Å²) in [6.45, 7) is 13.4. The van der Waals surface area contributed by atoms with Crippen molar-refractivity contribution >= 4 is 43.6 Å². The minimum atomic E-state index is 0.686. The van der Waals surface area contributed by atoms with Gasteiger partial charge in [-0.05, 0) is 147 Å². The third kappa shape index (κ3) is 7.52. The van der Waals surface area contributed by atoms with E-state index >= 15 is 0 Å². The van der Waals surface area contributed by atoms with Gasteiger partial charge >= 0.3 is 0 Å². The number of hydrogen-bond acceptors (Lipinski definition) is 2. The molecule has 0 saturated carbocycles. The topological polar surface area (TPSA) is 35.6 Å². The molecule has 0 aliphatic carbocycles. The molecule has 0 radical (unpaired) electrons. The number of para-hydroxylation sites is 3. The Labute approximate surface area is 432 Å². The van der Waals surface area contributed by atoms with Gasteiger partial charge in [0.1, 0.15) is 0 Å². The highest BCUT2D eigenvalue weighted by Crippen LogP contribution is 2.45. The maximum Gasteiger partial charge on any atom is 0.160 e. The zero-order chi connectivity index (χ0) is 50.2. The second kappa shape index (κ2) is 17.9. The van der Waals surface area contributed by atoms with Gasteiger partial charge in [-0.25, -0.2) is 9.97 Å². The number of aryl methyl sites for hydroxylation is 6. The van der Waals surface area contributed by atoms with Crippen molar-refractivity contribution in [1.29, 1.82) is 0 Å². The quantitative estimate of drug-likeness (QED) is 0.152. The lowest BCUT2D eigenvalue weighted by Gasteiger charge is -2.20. The summed E-state index contributed by atoms with van der Waals surface area (Å²) in [7, 11) is 0. The Kier molecular flexibility index (Phi) is 10.8. The number of fused-ring (bicyclic) bond motifs is 6.